The molecule has 0 saturated carbocycles. The van der Waals surface area contributed by atoms with Crippen molar-refractivity contribution in [2.45, 2.75) is 25.0 Å². The van der Waals surface area contributed by atoms with Crippen molar-refractivity contribution in [1.82, 2.24) is 14.9 Å². The molecule has 0 spiro atoms. The SMILES string of the molecule is Cc1[nH]nc(S(=O)(=O)NCc2cccc(Br)c2)c1CN. The number of hydrogen-bond acceptors (Lipinski definition) is 4. The topological polar surface area (TPSA) is 101 Å². The lowest BCUT2D eigenvalue weighted by atomic mass is 10.2. The molecule has 0 radical (unpaired) electrons. The highest BCUT2D eigenvalue weighted by molar-refractivity contribution is 9.10. The molecule has 0 aliphatic heterocycles. The van der Waals surface area contributed by atoms with Crippen LogP contribution in [-0.2, 0) is 23.1 Å². The summed E-state index contributed by atoms with van der Waals surface area (Å²) in [5.41, 5.74) is 7.58. The van der Waals surface area contributed by atoms with E-state index in [4.69, 9.17) is 5.73 Å². The lowest BCUT2D eigenvalue weighted by Crippen LogP contribution is -2.25. The normalized spacial score (nSPS) is 11.8. The number of nitrogens with two attached hydrogens (primary N) is 1. The molecule has 20 heavy (non-hydrogen) atoms. The average molecular weight is 359 g/mol. The third-order valence-corrected chi connectivity index (χ3v) is 4.71. The fourth-order valence-corrected chi connectivity index (χ4v) is 3.45. The highest BCUT2D eigenvalue weighted by Crippen LogP contribution is 2.16. The van der Waals surface area contributed by atoms with E-state index in [1.54, 1.807) is 6.92 Å². The first-order chi connectivity index (χ1) is 9.44. The van der Waals surface area contributed by atoms with Crippen molar-refractivity contribution < 1.29 is 8.42 Å². The second-order valence-corrected chi connectivity index (χ2v) is 6.89. The van der Waals surface area contributed by atoms with E-state index in [1.165, 1.54) is 0 Å². The molecule has 8 heteroatoms. The van der Waals surface area contributed by atoms with Crippen molar-refractivity contribution in [3.63, 3.8) is 0 Å². The van der Waals surface area contributed by atoms with Crippen molar-refractivity contribution in [3.8, 4) is 0 Å². The number of aryl methyl sites for hydroxylation is 1. The summed E-state index contributed by atoms with van der Waals surface area (Å²) in [6.07, 6.45) is 0. The first-order valence-corrected chi connectivity index (χ1v) is 8.19. The Hall–Kier alpha value is -1.22. The summed E-state index contributed by atoms with van der Waals surface area (Å²) in [6, 6.07) is 7.41. The van der Waals surface area contributed by atoms with E-state index in [2.05, 4.69) is 30.8 Å². The Kier molecular flexibility index (Phi) is 4.59. The molecular weight excluding hydrogens is 344 g/mol. The molecule has 0 bridgehead atoms. The van der Waals surface area contributed by atoms with Gasteiger partial charge >= 0.3 is 0 Å². The third-order valence-electron chi connectivity index (χ3n) is 2.85. The number of nitrogens with one attached hydrogen (secondary N) is 2. The van der Waals surface area contributed by atoms with Crippen LogP contribution >= 0.6 is 15.9 Å². The van der Waals surface area contributed by atoms with Crippen LogP contribution in [0.15, 0.2) is 33.8 Å². The van der Waals surface area contributed by atoms with Crippen LogP contribution in [0.4, 0.5) is 0 Å². The van der Waals surface area contributed by atoms with Gasteiger partial charge in [0.2, 0.25) is 0 Å². The van der Waals surface area contributed by atoms with Crippen LogP contribution in [0, 0.1) is 6.92 Å². The summed E-state index contributed by atoms with van der Waals surface area (Å²) in [7, 11) is -3.68. The number of sulfonamides is 1. The minimum Gasteiger partial charge on any atom is -0.326 e. The summed E-state index contributed by atoms with van der Waals surface area (Å²) in [4.78, 5) is 0. The Bertz CT molecular complexity index is 712. The quantitative estimate of drug-likeness (QED) is 0.752. The zero-order valence-electron chi connectivity index (χ0n) is 10.9. The number of nitrogens with zero attached hydrogens (tertiary/aromatic N) is 1. The van der Waals surface area contributed by atoms with E-state index >= 15 is 0 Å². The van der Waals surface area contributed by atoms with Gasteiger partial charge in [-0.1, -0.05) is 28.1 Å². The second kappa shape index (κ2) is 6.04. The molecule has 0 aliphatic rings. The van der Waals surface area contributed by atoms with E-state index in [0.717, 1.165) is 10.0 Å². The summed E-state index contributed by atoms with van der Waals surface area (Å²) < 4.78 is 27.9. The van der Waals surface area contributed by atoms with Gasteiger partial charge in [0.25, 0.3) is 10.0 Å². The molecule has 0 saturated heterocycles. The van der Waals surface area contributed by atoms with E-state index < -0.39 is 10.0 Å². The zero-order chi connectivity index (χ0) is 14.8. The van der Waals surface area contributed by atoms with E-state index in [-0.39, 0.29) is 18.1 Å². The number of halogens is 1. The van der Waals surface area contributed by atoms with Crippen molar-refractivity contribution in [2.75, 3.05) is 0 Å². The first-order valence-electron chi connectivity index (χ1n) is 5.92. The highest BCUT2D eigenvalue weighted by atomic mass is 79.9. The number of aromatic nitrogens is 2. The maximum absolute atomic E-state index is 12.2. The van der Waals surface area contributed by atoms with Gasteiger partial charge in [-0.2, -0.15) is 5.10 Å². The monoisotopic (exact) mass is 358 g/mol. The average Bonchev–Trinajstić information content (AvgIpc) is 2.78. The van der Waals surface area contributed by atoms with Crippen LogP contribution in [0.2, 0.25) is 0 Å². The van der Waals surface area contributed by atoms with Crippen LogP contribution in [-0.4, -0.2) is 18.6 Å². The fourth-order valence-electron chi connectivity index (χ4n) is 1.79. The number of H-pyrrole nitrogens is 1. The largest absolute Gasteiger partial charge is 0.326 e. The lowest BCUT2D eigenvalue weighted by Gasteiger charge is -2.06. The Balaban J connectivity index is 2.19. The van der Waals surface area contributed by atoms with Crippen LogP contribution in [0.3, 0.4) is 0 Å². The van der Waals surface area contributed by atoms with Crippen LogP contribution in [0.25, 0.3) is 0 Å². The smallest absolute Gasteiger partial charge is 0.260 e. The summed E-state index contributed by atoms with van der Waals surface area (Å²) in [5.74, 6) is 0. The maximum atomic E-state index is 12.2. The number of aromatic amines is 1. The molecule has 4 N–H and O–H groups in total. The van der Waals surface area contributed by atoms with Crippen LogP contribution < -0.4 is 10.5 Å². The molecule has 2 aromatic rings. The molecule has 2 rings (SSSR count). The Morgan fingerprint density at radius 3 is 2.85 bits per heavy atom. The first kappa shape index (κ1) is 15.2. The van der Waals surface area contributed by atoms with Gasteiger partial charge in [0.05, 0.1) is 0 Å². The van der Waals surface area contributed by atoms with Gasteiger partial charge < -0.3 is 5.73 Å². The minimum atomic E-state index is -3.68. The van der Waals surface area contributed by atoms with E-state index in [0.29, 0.717) is 11.3 Å². The Morgan fingerprint density at radius 2 is 2.20 bits per heavy atom. The van der Waals surface area contributed by atoms with Crippen molar-refractivity contribution in [2.24, 2.45) is 5.73 Å². The second-order valence-electron chi connectivity index (χ2n) is 4.29. The molecule has 0 aliphatic carbocycles. The van der Waals surface area contributed by atoms with E-state index in [1.807, 2.05) is 24.3 Å². The molecule has 6 nitrogen and oxygen atoms in total. The molecule has 0 atom stereocenters. The molecular formula is C12H15BrN4O2S. The summed E-state index contributed by atoms with van der Waals surface area (Å²) in [5, 5.41) is 6.43. The number of rotatable bonds is 5. The molecule has 0 amide bonds. The summed E-state index contributed by atoms with van der Waals surface area (Å²) in [6.45, 7) is 2.05. The minimum absolute atomic E-state index is 0.0347. The van der Waals surface area contributed by atoms with Crippen LogP contribution in [0.1, 0.15) is 16.8 Å². The molecule has 1 aromatic heterocycles. The lowest BCUT2D eigenvalue weighted by molar-refractivity contribution is 0.575. The van der Waals surface area contributed by atoms with Gasteiger partial charge in [-0.05, 0) is 24.6 Å². The molecule has 1 aromatic carbocycles. The van der Waals surface area contributed by atoms with Gasteiger partial charge in [0, 0.05) is 28.8 Å². The van der Waals surface area contributed by atoms with Gasteiger partial charge in [0.1, 0.15) is 0 Å². The molecule has 1 heterocycles. The van der Waals surface area contributed by atoms with Gasteiger partial charge in [0.15, 0.2) is 5.03 Å². The zero-order valence-corrected chi connectivity index (χ0v) is 13.3. The Morgan fingerprint density at radius 1 is 1.45 bits per heavy atom. The number of hydrogen-bond donors (Lipinski definition) is 3. The maximum Gasteiger partial charge on any atom is 0.260 e. The van der Waals surface area contributed by atoms with Crippen LogP contribution in [0.5, 0.6) is 0 Å². The molecule has 0 unspecified atom stereocenters. The van der Waals surface area contributed by atoms with E-state index in [9.17, 15) is 8.42 Å². The number of benzene rings is 1. The van der Waals surface area contributed by atoms with Gasteiger partial charge in [-0.3, -0.25) is 5.10 Å². The van der Waals surface area contributed by atoms with Gasteiger partial charge in [-0.25, -0.2) is 13.1 Å². The highest BCUT2D eigenvalue weighted by Gasteiger charge is 2.22. The van der Waals surface area contributed by atoms with Crippen molar-refractivity contribution in [1.29, 1.82) is 0 Å². The fraction of sp³-hybridized carbons (Fsp3) is 0.250. The summed E-state index contributed by atoms with van der Waals surface area (Å²) >= 11 is 3.34. The van der Waals surface area contributed by atoms with Crippen molar-refractivity contribution in [3.05, 3.63) is 45.6 Å². The van der Waals surface area contributed by atoms with Gasteiger partial charge in [-0.15, -0.1) is 0 Å². The molecule has 108 valence electrons. The predicted molar refractivity (Wildman–Crippen MR) is 79.4 cm³/mol. The van der Waals surface area contributed by atoms with Crippen molar-refractivity contribution >= 4 is 26.0 Å². The predicted octanol–water partition coefficient (Wildman–Crippen LogP) is 1.42. The third kappa shape index (κ3) is 3.26. The standard InChI is InChI=1S/C12H15BrN4O2S/c1-8-11(6-14)12(17-16-8)20(18,19)15-7-9-3-2-4-10(13)5-9/h2-5,15H,6-7,14H2,1H3,(H,16,17). The Labute approximate surface area is 125 Å². The molecule has 0 fully saturated rings.